The number of hydrogen-bond donors (Lipinski definition) is 0. The zero-order valence-corrected chi connectivity index (χ0v) is 22.0. The van der Waals surface area contributed by atoms with Gasteiger partial charge in [-0.1, -0.05) is 29.8 Å². The number of benzene rings is 3. The lowest BCUT2D eigenvalue weighted by Gasteiger charge is -2.26. The lowest BCUT2D eigenvalue weighted by Crippen LogP contribution is -2.31. The van der Waals surface area contributed by atoms with Crippen LogP contribution in [-0.4, -0.2) is 39.6 Å². The van der Waals surface area contributed by atoms with E-state index in [2.05, 4.69) is 4.90 Å². The molecule has 4 rings (SSSR count). The van der Waals surface area contributed by atoms with Crippen molar-refractivity contribution >= 4 is 39.7 Å². The molecule has 10 heteroatoms. The minimum Gasteiger partial charge on any atom is -0.493 e. The van der Waals surface area contributed by atoms with Gasteiger partial charge in [-0.05, 0) is 74.8 Å². The predicted molar refractivity (Wildman–Crippen MR) is 141 cm³/mol. The molecule has 36 heavy (non-hydrogen) atoms. The van der Waals surface area contributed by atoms with Crippen LogP contribution in [0.5, 0.6) is 5.75 Å². The van der Waals surface area contributed by atoms with Gasteiger partial charge in [-0.3, -0.25) is 4.31 Å². The van der Waals surface area contributed by atoms with Gasteiger partial charge in [-0.25, -0.2) is 17.2 Å². The van der Waals surface area contributed by atoms with Crippen molar-refractivity contribution in [2.45, 2.75) is 30.7 Å². The van der Waals surface area contributed by atoms with Crippen LogP contribution in [0.4, 0.5) is 14.5 Å². The molecular formula is C26H28Cl2F2N2O3S. The van der Waals surface area contributed by atoms with Crippen molar-refractivity contribution in [2.24, 2.45) is 0 Å². The third-order valence-electron chi connectivity index (χ3n) is 5.94. The van der Waals surface area contributed by atoms with Crippen molar-refractivity contribution in [2.75, 3.05) is 30.5 Å². The Morgan fingerprint density at radius 2 is 1.67 bits per heavy atom. The fourth-order valence-corrected chi connectivity index (χ4v) is 5.69. The quantitative estimate of drug-likeness (QED) is 0.275. The normalized spacial score (nSPS) is 13.9. The maximum Gasteiger partial charge on any atom is 0.264 e. The number of hydrogen-bond acceptors (Lipinski definition) is 4. The van der Waals surface area contributed by atoms with Crippen LogP contribution in [0.15, 0.2) is 71.6 Å². The van der Waals surface area contributed by atoms with Crippen molar-refractivity contribution < 1.29 is 21.9 Å². The first kappa shape index (κ1) is 28.2. The highest BCUT2D eigenvalue weighted by Crippen LogP contribution is 2.31. The first-order valence-electron chi connectivity index (χ1n) is 11.5. The third kappa shape index (κ3) is 6.88. The fraction of sp³-hybridized carbons (Fsp3) is 0.308. The van der Waals surface area contributed by atoms with Gasteiger partial charge < -0.3 is 9.64 Å². The number of likely N-dealkylation sites (tertiary alicyclic amines) is 1. The van der Waals surface area contributed by atoms with Crippen LogP contribution in [0, 0.1) is 11.6 Å². The molecule has 1 fully saturated rings. The standard InChI is InChI=1S/C26H27ClF2N2O3S.ClH/c27-21-8-11-23(12-9-21)35(32,33)31(25-18-22(28)10-13-24(25)29)19-20-6-1-2-7-26(20)34-17-5-16-30-14-3-4-15-30;/h1-2,6-13,18H,3-5,14-17,19H2;1H. The number of ether oxygens (including phenoxy) is 1. The SMILES string of the molecule is Cl.O=S(=O)(c1ccc(Cl)cc1)N(Cc1ccccc1OCCCN1CCCC1)c1cc(F)ccc1F. The Morgan fingerprint density at radius 1 is 0.972 bits per heavy atom. The smallest absolute Gasteiger partial charge is 0.264 e. The summed E-state index contributed by atoms with van der Waals surface area (Å²) in [4.78, 5) is 2.30. The summed E-state index contributed by atoms with van der Waals surface area (Å²) in [7, 11) is -4.26. The van der Waals surface area contributed by atoms with Gasteiger partial charge in [0.2, 0.25) is 0 Å². The maximum atomic E-state index is 14.8. The second-order valence-corrected chi connectivity index (χ2v) is 10.7. The highest BCUT2D eigenvalue weighted by Gasteiger charge is 2.29. The van der Waals surface area contributed by atoms with Crippen molar-refractivity contribution in [3.63, 3.8) is 0 Å². The number of anilines is 1. The van der Waals surface area contributed by atoms with Crippen LogP contribution in [-0.2, 0) is 16.6 Å². The molecule has 0 aliphatic carbocycles. The first-order chi connectivity index (χ1) is 16.8. The molecule has 1 heterocycles. The molecule has 3 aromatic rings. The van der Waals surface area contributed by atoms with E-state index in [1.165, 1.54) is 37.1 Å². The van der Waals surface area contributed by atoms with Gasteiger partial charge >= 0.3 is 0 Å². The highest BCUT2D eigenvalue weighted by atomic mass is 35.5. The van der Waals surface area contributed by atoms with Crippen molar-refractivity contribution in [1.82, 2.24) is 4.90 Å². The van der Waals surface area contributed by atoms with Gasteiger partial charge in [-0.15, -0.1) is 12.4 Å². The lowest BCUT2D eigenvalue weighted by molar-refractivity contribution is 0.262. The van der Waals surface area contributed by atoms with Gasteiger partial charge in [-0.2, -0.15) is 0 Å². The molecule has 194 valence electrons. The number of para-hydroxylation sites is 1. The Bertz CT molecular complexity index is 1250. The molecule has 0 spiro atoms. The van der Waals surface area contributed by atoms with Crippen molar-refractivity contribution in [1.29, 1.82) is 0 Å². The third-order valence-corrected chi connectivity index (χ3v) is 7.97. The highest BCUT2D eigenvalue weighted by molar-refractivity contribution is 7.92. The van der Waals surface area contributed by atoms with E-state index in [9.17, 15) is 17.2 Å². The second kappa shape index (κ2) is 12.7. The number of rotatable bonds is 10. The first-order valence-corrected chi connectivity index (χ1v) is 13.3. The van der Waals surface area contributed by atoms with E-state index in [0.717, 1.165) is 48.6 Å². The van der Waals surface area contributed by atoms with Crippen molar-refractivity contribution in [3.05, 3.63) is 89.0 Å². The molecule has 0 bridgehead atoms. The van der Waals surface area contributed by atoms with Crippen LogP contribution < -0.4 is 9.04 Å². The van der Waals surface area contributed by atoms with E-state index < -0.39 is 21.7 Å². The Hall–Kier alpha value is -2.39. The van der Waals surface area contributed by atoms with Crippen LogP contribution in [0.3, 0.4) is 0 Å². The number of halogens is 4. The molecular weight excluding hydrogens is 529 g/mol. The predicted octanol–water partition coefficient (Wildman–Crippen LogP) is 6.30. The fourth-order valence-electron chi connectivity index (χ4n) is 4.12. The summed E-state index contributed by atoms with van der Waals surface area (Å²) in [5, 5.41) is 0.361. The van der Waals surface area contributed by atoms with Crippen molar-refractivity contribution in [3.8, 4) is 5.75 Å². The summed E-state index contributed by atoms with van der Waals surface area (Å²) in [5.41, 5.74) is 0.152. The van der Waals surface area contributed by atoms with Gasteiger partial charge in [0, 0.05) is 23.2 Å². The summed E-state index contributed by atoms with van der Waals surface area (Å²) < 4.78 is 62.9. The van der Waals surface area contributed by atoms with Gasteiger partial charge in [0.1, 0.15) is 17.4 Å². The lowest BCUT2D eigenvalue weighted by atomic mass is 10.2. The van der Waals surface area contributed by atoms with Gasteiger partial charge in [0.15, 0.2) is 0 Å². The Balaban J connectivity index is 0.00000361. The monoisotopic (exact) mass is 556 g/mol. The Labute approximate surface area is 222 Å². The van der Waals surface area contributed by atoms with Gasteiger partial charge in [0.05, 0.1) is 23.7 Å². The molecule has 0 radical (unpaired) electrons. The van der Waals surface area contributed by atoms with E-state index in [-0.39, 0.29) is 29.5 Å². The molecule has 5 nitrogen and oxygen atoms in total. The summed E-state index contributed by atoms with van der Waals surface area (Å²) in [6.07, 6.45) is 3.27. The largest absolute Gasteiger partial charge is 0.493 e. The molecule has 0 saturated carbocycles. The Kier molecular flexibility index (Phi) is 9.96. The molecule has 1 aliphatic rings. The van der Waals surface area contributed by atoms with E-state index in [4.69, 9.17) is 16.3 Å². The zero-order valence-electron chi connectivity index (χ0n) is 19.6. The average molecular weight is 557 g/mol. The summed E-state index contributed by atoms with van der Waals surface area (Å²) in [6, 6.07) is 15.3. The number of nitrogens with zero attached hydrogens (tertiary/aromatic N) is 2. The molecule has 1 aliphatic heterocycles. The molecule has 0 aromatic heterocycles. The van der Waals surface area contributed by atoms with E-state index in [1.54, 1.807) is 24.3 Å². The van der Waals surface area contributed by atoms with Crippen LogP contribution in [0.1, 0.15) is 24.8 Å². The summed E-state index contributed by atoms with van der Waals surface area (Å²) in [6.45, 7) is 3.37. The number of sulfonamides is 1. The topological polar surface area (TPSA) is 49.9 Å². The Morgan fingerprint density at radius 3 is 2.39 bits per heavy atom. The maximum absolute atomic E-state index is 14.8. The van der Waals surface area contributed by atoms with Crippen LogP contribution >= 0.6 is 24.0 Å². The van der Waals surface area contributed by atoms with E-state index in [0.29, 0.717) is 22.9 Å². The second-order valence-electron chi connectivity index (χ2n) is 8.42. The summed E-state index contributed by atoms with van der Waals surface area (Å²) in [5.74, 6) is -1.10. The molecule has 0 unspecified atom stereocenters. The molecule has 0 N–H and O–H groups in total. The molecule has 3 aromatic carbocycles. The van der Waals surface area contributed by atoms with Gasteiger partial charge in [0.25, 0.3) is 10.0 Å². The molecule has 0 amide bonds. The molecule has 1 saturated heterocycles. The van der Waals surface area contributed by atoms with Crippen LogP contribution in [0.2, 0.25) is 5.02 Å². The van der Waals surface area contributed by atoms with E-state index >= 15 is 0 Å². The van der Waals surface area contributed by atoms with E-state index in [1.807, 2.05) is 0 Å². The average Bonchev–Trinajstić information content (AvgIpc) is 3.36. The minimum absolute atomic E-state index is 0. The van der Waals surface area contributed by atoms with Crippen LogP contribution in [0.25, 0.3) is 0 Å². The zero-order chi connectivity index (χ0) is 24.8. The molecule has 0 atom stereocenters. The summed E-state index contributed by atoms with van der Waals surface area (Å²) >= 11 is 5.92. The minimum atomic E-state index is -4.26.